The summed E-state index contributed by atoms with van der Waals surface area (Å²) in [5.74, 6) is 1.94. The Hall–Kier alpha value is -1.06. The maximum Gasteiger partial charge on any atom is 0.183 e. The number of ether oxygens (including phenoxy) is 2. The van der Waals surface area contributed by atoms with Gasteiger partial charge in [-0.3, -0.25) is 0 Å². The van der Waals surface area contributed by atoms with Crippen LogP contribution in [0.2, 0.25) is 0 Å². The summed E-state index contributed by atoms with van der Waals surface area (Å²) in [5, 5.41) is 0. The van der Waals surface area contributed by atoms with Crippen LogP contribution in [-0.4, -0.2) is 36.1 Å². The number of unbranched alkanes of at least 4 members (excludes halogenated alkanes) is 7. The van der Waals surface area contributed by atoms with Crippen LogP contribution in [0.1, 0.15) is 91.9 Å². The lowest BCUT2D eigenvalue weighted by atomic mass is 10.1. The summed E-state index contributed by atoms with van der Waals surface area (Å²) in [6, 6.07) is 0. The Balaban J connectivity index is 1.37. The molecular weight excluding hydrogens is 300 g/mol. The van der Waals surface area contributed by atoms with E-state index in [-0.39, 0.29) is 11.1 Å². The van der Waals surface area contributed by atoms with Crippen molar-refractivity contribution in [3.05, 3.63) is 0 Å². The minimum absolute atomic E-state index is 0.000188. The number of rotatable bonds is 11. The highest BCUT2D eigenvalue weighted by Crippen LogP contribution is 2.21. The first-order valence-electron chi connectivity index (χ1n) is 9.79. The zero-order chi connectivity index (χ0) is 17.5. The standard InChI is InChI=1S/C20H36N2O2/c1-19(2)15-23-17(21-19)13-11-9-7-5-6-8-10-12-14-18-22-20(3,4)16-24-18/h5-16H2,1-4H3. The molecule has 4 heteroatoms. The van der Waals surface area contributed by atoms with E-state index in [1.165, 1.54) is 51.4 Å². The quantitative estimate of drug-likeness (QED) is 0.480. The summed E-state index contributed by atoms with van der Waals surface area (Å²) in [7, 11) is 0. The summed E-state index contributed by atoms with van der Waals surface area (Å²) >= 11 is 0. The van der Waals surface area contributed by atoms with Crippen molar-refractivity contribution in [1.82, 2.24) is 0 Å². The van der Waals surface area contributed by atoms with Crippen LogP contribution in [0.4, 0.5) is 0 Å². The highest BCUT2D eigenvalue weighted by atomic mass is 16.5. The van der Waals surface area contributed by atoms with E-state index in [1.54, 1.807) is 0 Å². The normalized spacial score (nSPS) is 21.2. The lowest BCUT2D eigenvalue weighted by molar-refractivity contribution is 0.273. The third-order valence-corrected chi connectivity index (χ3v) is 4.57. The summed E-state index contributed by atoms with van der Waals surface area (Å²) in [6.45, 7) is 10.0. The van der Waals surface area contributed by atoms with Gasteiger partial charge >= 0.3 is 0 Å². The summed E-state index contributed by atoms with van der Waals surface area (Å²) in [5.41, 5.74) is 0.000375. The van der Waals surface area contributed by atoms with Crippen molar-refractivity contribution in [3.8, 4) is 0 Å². The van der Waals surface area contributed by atoms with Crippen molar-refractivity contribution in [2.24, 2.45) is 9.98 Å². The third kappa shape index (κ3) is 7.23. The monoisotopic (exact) mass is 336 g/mol. The highest BCUT2D eigenvalue weighted by Gasteiger charge is 2.26. The van der Waals surface area contributed by atoms with E-state index in [0.717, 1.165) is 37.9 Å². The molecule has 24 heavy (non-hydrogen) atoms. The van der Waals surface area contributed by atoms with E-state index in [1.807, 2.05) is 0 Å². The number of aliphatic imine (C=N–C) groups is 2. The molecule has 0 aromatic rings. The first-order valence-corrected chi connectivity index (χ1v) is 9.79. The van der Waals surface area contributed by atoms with E-state index in [4.69, 9.17) is 9.47 Å². The molecule has 0 atom stereocenters. The van der Waals surface area contributed by atoms with Crippen molar-refractivity contribution in [2.45, 2.75) is 103 Å². The molecule has 0 radical (unpaired) electrons. The maximum atomic E-state index is 5.63. The summed E-state index contributed by atoms with van der Waals surface area (Å²) < 4.78 is 11.3. The Labute approximate surface area is 148 Å². The molecule has 2 aliphatic rings. The van der Waals surface area contributed by atoms with Gasteiger partial charge in [-0.05, 0) is 40.5 Å². The van der Waals surface area contributed by atoms with Crippen LogP contribution in [-0.2, 0) is 9.47 Å². The highest BCUT2D eigenvalue weighted by molar-refractivity contribution is 5.78. The van der Waals surface area contributed by atoms with Gasteiger partial charge in [0.1, 0.15) is 13.2 Å². The lowest BCUT2D eigenvalue weighted by Crippen LogP contribution is -2.17. The van der Waals surface area contributed by atoms with Crippen molar-refractivity contribution in [2.75, 3.05) is 13.2 Å². The first kappa shape index (κ1) is 19.3. The van der Waals surface area contributed by atoms with Gasteiger partial charge in [0.25, 0.3) is 0 Å². The van der Waals surface area contributed by atoms with Gasteiger partial charge in [0.15, 0.2) is 11.8 Å². The van der Waals surface area contributed by atoms with E-state index in [9.17, 15) is 0 Å². The van der Waals surface area contributed by atoms with E-state index in [0.29, 0.717) is 0 Å². The topological polar surface area (TPSA) is 43.2 Å². The Morgan fingerprint density at radius 2 is 0.958 bits per heavy atom. The van der Waals surface area contributed by atoms with Crippen LogP contribution in [0, 0.1) is 0 Å². The number of nitrogens with zero attached hydrogens (tertiary/aromatic N) is 2. The summed E-state index contributed by atoms with van der Waals surface area (Å²) in [4.78, 5) is 9.21. The predicted octanol–water partition coefficient (Wildman–Crippen LogP) is 5.30. The number of hydrogen-bond donors (Lipinski definition) is 0. The molecule has 0 amide bonds. The first-order chi connectivity index (χ1) is 11.4. The minimum Gasteiger partial charge on any atom is -0.478 e. The van der Waals surface area contributed by atoms with Crippen LogP contribution >= 0.6 is 0 Å². The zero-order valence-corrected chi connectivity index (χ0v) is 16.2. The molecule has 2 rings (SSSR count). The average molecular weight is 337 g/mol. The van der Waals surface area contributed by atoms with Gasteiger partial charge in [-0.15, -0.1) is 0 Å². The Morgan fingerprint density at radius 1 is 0.625 bits per heavy atom. The van der Waals surface area contributed by atoms with Gasteiger partial charge in [0, 0.05) is 12.8 Å². The van der Waals surface area contributed by atoms with E-state index >= 15 is 0 Å². The Morgan fingerprint density at radius 3 is 1.25 bits per heavy atom. The van der Waals surface area contributed by atoms with Gasteiger partial charge in [-0.1, -0.05) is 38.5 Å². The van der Waals surface area contributed by atoms with Gasteiger partial charge < -0.3 is 9.47 Å². The van der Waals surface area contributed by atoms with Gasteiger partial charge in [0.2, 0.25) is 0 Å². The van der Waals surface area contributed by atoms with Crippen LogP contribution in [0.25, 0.3) is 0 Å². The molecule has 0 unspecified atom stereocenters. The van der Waals surface area contributed by atoms with Crippen molar-refractivity contribution >= 4 is 11.8 Å². The number of hydrogen-bond acceptors (Lipinski definition) is 4. The average Bonchev–Trinajstić information content (AvgIpc) is 3.02. The molecule has 138 valence electrons. The van der Waals surface area contributed by atoms with Gasteiger partial charge in [0.05, 0.1) is 11.1 Å². The van der Waals surface area contributed by atoms with Crippen molar-refractivity contribution in [1.29, 1.82) is 0 Å². The molecular formula is C20H36N2O2. The lowest BCUT2D eigenvalue weighted by Gasteiger charge is -2.07. The second kappa shape index (κ2) is 8.87. The largest absolute Gasteiger partial charge is 0.478 e. The zero-order valence-electron chi connectivity index (χ0n) is 16.2. The summed E-state index contributed by atoms with van der Waals surface area (Å²) in [6.07, 6.45) is 12.4. The van der Waals surface area contributed by atoms with Crippen LogP contribution < -0.4 is 0 Å². The second-order valence-electron chi connectivity index (χ2n) is 8.54. The fraction of sp³-hybridized carbons (Fsp3) is 0.900. The SMILES string of the molecule is CC1(C)COC(CCCCCCCCCCC2=NC(C)(C)CO2)=N1. The molecule has 2 aliphatic heterocycles. The molecule has 0 aliphatic carbocycles. The molecule has 0 spiro atoms. The molecule has 2 heterocycles. The molecule has 0 saturated heterocycles. The third-order valence-electron chi connectivity index (χ3n) is 4.57. The molecule has 0 bridgehead atoms. The smallest absolute Gasteiger partial charge is 0.183 e. The molecule has 0 fully saturated rings. The minimum atomic E-state index is 0.000188. The molecule has 0 N–H and O–H groups in total. The maximum absolute atomic E-state index is 5.63. The fourth-order valence-electron chi connectivity index (χ4n) is 3.19. The predicted molar refractivity (Wildman–Crippen MR) is 101 cm³/mol. The second-order valence-corrected chi connectivity index (χ2v) is 8.54. The molecule has 0 aromatic heterocycles. The fourth-order valence-corrected chi connectivity index (χ4v) is 3.19. The van der Waals surface area contributed by atoms with Crippen LogP contribution in [0.5, 0.6) is 0 Å². The molecule has 0 saturated carbocycles. The van der Waals surface area contributed by atoms with Gasteiger partial charge in [-0.2, -0.15) is 0 Å². The molecule has 0 aromatic carbocycles. The van der Waals surface area contributed by atoms with Crippen LogP contribution in [0.3, 0.4) is 0 Å². The van der Waals surface area contributed by atoms with Gasteiger partial charge in [-0.25, -0.2) is 9.98 Å². The van der Waals surface area contributed by atoms with Crippen molar-refractivity contribution in [3.63, 3.8) is 0 Å². The molecule has 4 nitrogen and oxygen atoms in total. The van der Waals surface area contributed by atoms with E-state index < -0.39 is 0 Å². The van der Waals surface area contributed by atoms with Crippen LogP contribution in [0.15, 0.2) is 9.98 Å². The van der Waals surface area contributed by atoms with Crippen molar-refractivity contribution < 1.29 is 9.47 Å². The Bertz CT molecular complexity index is 411. The van der Waals surface area contributed by atoms with E-state index in [2.05, 4.69) is 37.7 Å². The Kier molecular flexibility index (Phi) is 7.12.